The molecule has 3 heteroatoms. The van der Waals surface area contributed by atoms with Gasteiger partial charge >= 0.3 is 0 Å². The molecule has 0 radical (unpaired) electrons. The Morgan fingerprint density at radius 3 is 2.53 bits per heavy atom. The second kappa shape index (κ2) is 6.74. The van der Waals surface area contributed by atoms with Crippen molar-refractivity contribution in [3.63, 3.8) is 0 Å². The molecule has 0 N–H and O–H groups in total. The van der Waals surface area contributed by atoms with E-state index in [-0.39, 0.29) is 5.82 Å². The van der Waals surface area contributed by atoms with Crippen molar-refractivity contribution in [3.8, 4) is 0 Å². The van der Waals surface area contributed by atoms with Gasteiger partial charge in [0.1, 0.15) is 5.82 Å². The number of benzene rings is 1. The number of hydrogen-bond donors (Lipinski definition) is 0. The molecule has 0 aliphatic heterocycles. The summed E-state index contributed by atoms with van der Waals surface area (Å²) >= 11 is 3.46. The summed E-state index contributed by atoms with van der Waals surface area (Å²) in [5, 5.41) is 0.703. The van der Waals surface area contributed by atoms with Crippen LogP contribution >= 0.6 is 15.9 Å². The topological polar surface area (TPSA) is 3.24 Å². The molecule has 106 valence electrons. The Kier molecular flexibility index (Phi) is 5.26. The Balaban J connectivity index is 2.09. The minimum Gasteiger partial charge on any atom is -0.371 e. The Morgan fingerprint density at radius 2 is 1.95 bits per heavy atom. The quantitative estimate of drug-likeness (QED) is 0.693. The molecule has 0 heterocycles. The first-order valence-electron chi connectivity index (χ1n) is 7.23. The van der Waals surface area contributed by atoms with Crippen LogP contribution in [0.5, 0.6) is 0 Å². The fourth-order valence-electron chi connectivity index (χ4n) is 3.14. The van der Waals surface area contributed by atoms with E-state index >= 15 is 0 Å². The van der Waals surface area contributed by atoms with Gasteiger partial charge in [-0.2, -0.15) is 0 Å². The molecule has 0 unspecified atom stereocenters. The Bertz CT molecular complexity index is 413. The molecule has 1 aromatic carbocycles. The maximum Gasteiger partial charge on any atom is 0.123 e. The zero-order chi connectivity index (χ0) is 13.8. The second-order valence-corrected chi connectivity index (χ2v) is 6.16. The first-order chi connectivity index (χ1) is 9.15. The van der Waals surface area contributed by atoms with E-state index in [1.165, 1.54) is 37.8 Å². The predicted octanol–water partition coefficient (Wildman–Crippen LogP) is 5.13. The molecule has 19 heavy (non-hydrogen) atoms. The van der Waals surface area contributed by atoms with Gasteiger partial charge < -0.3 is 4.90 Å². The van der Waals surface area contributed by atoms with Crippen LogP contribution in [0.3, 0.4) is 0 Å². The number of rotatable bonds is 4. The highest BCUT2D eigenvalue weighted by molar-refractivity contribution is 9.08. The van der Waals surface area contributed by atoms with Crippen molar-refractivity contribution in [1.82, 2.24) is 0 Å². The molecule has 2 rings (SSSR count). The fourth-order valence-corrected chi connectivity index (χ4v) is 3.59. The van der Waals surface area contributed by atoms with Crippen LogP contribution in [0.15, 0.2) is 18.2 Å². The third kappa shape index (κ3) is 3.50. The number of nitrogens with zero attached hydrogens (tertiary/aromatic N) is 1. The van der Waals surface area contributed by atoms with E-state index in [1.54, 1.807) is 12.1 Å². The van der Waals surface area contributed by atoms with E-state index in [0.29, 0.717) is 11.4 Å². The molecular formula is C16H23BrFN. The monoisotopic (exact) mass is 327 g/mol. The summed E-state index contributed by atoms with van der Waals surface area (Å²) in [5.41, 5.74) is 2.21. The van der Waals surface area contributed by atoms with Crippen molar-refractivity contribution in [2.24, 2.45) is 5.92 Å². The molecule has 0 spiro atoms. The number of hydrogen-bond acceptors (Lipinski definition) is 1. The summed E-state index contributed by atoms with van der Waals surface area (Å²) < 4.78 is 13.3. The van der Waals surface area contributed by atoms with Crippen LogP contribution in [-0.4, -0.2) is 13.1 Å². The van der Waals surface area contributed by atoms with E-state index in [0.717, 1.165) is 11.5 Å². The van der Waals surface area contributed by atoms with Crippen LogP contribution in [0.4, 0.5) is 10.1 Å². The SMILES string of the molecule is CCC1CCC(N(C)c2ccc(F)cc2CBr)CC1. The lowest BCUT2D eigenvalue weighted by Gasteiger charge is -2.36. The van der Waals surface area contributed by atoms with Crippen molar-refractivity contribution in [2.45, 2.75) is 50.4 Å². The van der Waals surface area contributed by atoms with Gasteiger partial charge in [-0.05, 0) is 55.4 Å². The van der Waals surface area contributed by atoms with Crippen molar-refractivity contribution in [2.75, 3.05) is 11.9 Å². The summed E-state index contributed by atoms with van der Waals surface area (Å²) in [7, 11) is 2.15. The van der Waals surface area contributed by atoms with Gasteiger partial charge in [-0.15, -0.1) is 0 Å². The summed E-state index contributed by atoms with van der Waals surface area (Å²) in [6.45, 7) is 2.29. The maximum atomic E-state index is 13.3. The van der Waals surface area contributed by atoms with Crippen LogP contribution in [-0.2, 0) is 5.33 Å². The minimum atomic E-state index is -0.152. The molecule has 0 amide bonds. The van der Waals surface area contributed by atoms with Gasteiger partial charge in [0.2, 0.25) is 0 Å². The van der Waals surface area contributed by atoms with Crippen molar-refractivity contribution < 1.29 is 4.39 Å². The maximum absolute atomic E-state index is 13.3. The molecule has 1 nitrogen and oxygen atoms in total. The smallest absolute Gasteiger partial charge is 0.123 e. The average Bonchev–Trinajstić information content (AvgIpc) is 2.46. The second-order valence-electron chi connectivity index (χ2n) is 5.60. The van der Waals surface area contributed by atoms with Crippen LogP contribution in [0, 0.1) is 11.7 Å². The van der Waals surface area contributed by atoms with Gasteiger partial charge in [0, 0.05) is 24.1 Å². The Morgan fingerprint density at radius 1 is 1.26 bits per heavy atom. The normalized spacial score (nSPS) is 23.4. The van der Waals surface area contributed by atoms with E-state index < -0.39 is 0 Å². The molecule has 1 aliphatic carbocycles. The van der Waals surface area contributed by atoms with Gasteiger partial charge in [0.05, 0.1) is 0 Å². The van der Waals surface area contributed by atoms with E-state index in [1.807, 2.05) is 6.07 Å². The third-order valence-corrected chi connectivity index (χ3v) is 5.11. The van der Waals surface area contributed by atoms with Gasteiger partial charge in [0.25, 0.3) is 0 Å². The zero-order valence-corrected chi connectivity index (χ0v) is 13.4. The van der Waals surface area contributed by atoms with E-state index in [4.69, 9.17) is 0 Å². The lowest BCUT2D eigenvalue weighted by atomic mass is 9.84. The highest BCUT2D eigenvalue weighted by Gasteiger charge is 2.24. The number of halogens is 2. The molecule has 1 saturated carbocycles. The summed E-state index contributed by atoms with van der Waals surface area (Å²) in [4.78, 5) is 2.35. The predicted molar refractivity (Wildman–Crippen MR) is 83.5 cm³/mol. The number of alkyl halides is 1. The van der Waals surface area contributed by atoms with Gasteiger partial charge in [-0.1, -0.05) is 29.3 Å². The van der Waals surface area contributed by atoms with Crippen LogP contribution in [0.1, 0.15) is 44.6 Å². The molecule has 0 bridgehead atoms. The van der Waals surface area contributed by atoms with Crippen LogP contribution in [0.25, 0.3) is 0 Å². The third-order valence-electron chi connectivity index (χ3n) is 4.51. The van der Waals surface area contributed by atoms with Crippen molar-refractivity contribution in [3.05, 3.63) is 29.6 Å². The molecule has 1 fully saturated rings. The minimum absolute atomic E-state index is 0.152. The molecule has 0 aromatic heterocycles. The zero-order valence-electron chi connectivity index (χ0n) is 11.8. The lowest BCUT2D eigenvalue weighted by molar-refractivity contribution is 0.313. The summed E-state index contributed by atoms with van der Waals surface area (Å²) in [6.07, 6.45) is 6.48. The summed E-state index contributed by atoms with van der Waals surface area (Å²) in [6, 6.07) is 5.72. The average molecular weight is 328 g/mol. The molecule has 1 aliphatic rings. The van der Waals surface area contributed by atoms with E-state index in [2.05, 4.69) is 34.8 Å². The number of anilines is 1. The standard InChI is InChI=1S/C16H23BrFN/c1-3-12-4-7-15(8-5-12)19(2)16-9-6-14(18)10-13(16)11-17/h6,9-10,12,15H,3-5,7-8,11H2,1-2H3. The van der Waals surface area contributed by atoms with Gasteiger partial charge in [-0.3, -0.25) is 0 Å². The first-order valence-corrected chi connectivity index (χ1v) is 8.35. The molecular weight excluding hydrogens is 305 g/mol. The van der Waals surface area contributed by atoms with E-state index in [9.17, 15) is 4.39 Å². The Hall–Kier alpha value is -0.570. The van der Waals surface area contributed by atoms with Crippen molar-refractivity contribution in [1.29, 1.82) is 0 Å². The summed E-state index contributed by atoms with van der Waals surface area (Å²) in [5.74, 6) is 0.759. The Labute approximate surface area is 124 Å². The fraction of sp³-hybridized carbons (Fsp3) is 0.625. The molecule has 1 aromatic rings. The van der Waals surface area contributed by atoms with Crippen LogP contribution < -0.4 is 4.90 Å². The van der Waals surface area contributed by atoms with Crippen LogP contribution in [0.2, 0.25) is 0 Å². The van der Waals surface area contributed by atoms with Gasteiger partial charge in [0.15, 0.2) is 0 Å². The molecule has 0 atom stereocenters. The highest BCUT2D eigenvalue weighted by Crippen LogP contribution is 2.33. The lowest BCUT2D eigenvalue weighted by Crippen LogP contribution is -2.35. The highest BCUT2D eigenvalue weighted by atomic mass is 79.9. The largest absolute Gasteiger partial charge is 0.371 e. The van der Waals surface area contributed by atoms with Gasteiger partial charge in [-0.25, -0.2) is 4.39 Å². The molecule has 0 saturated heterocycles. The first kappa shape index (κ1) is 14.8. The van der Waals surface area contributed by atoms with Crippen molar-refractivity contribution >= 4 is 21.6 Å².